The van der Waals surface area contributed by atoms with Gasteiger partial charge in [0.1, 0.15) is 11.2 Å². The molecular formula is C50H34O3S. The summed E-state index contributed by atoms with van der Waals surface area (Å²) in [5, 5.41) is 5.13. The lowest BCUT2D eigenvalue weighted by atomic mass is 9.90. The summed E-state index contributed by atoms with van der Waals surface area (Å²) in [6.07, 6.45) is 11.3. The SMILES string of the molecule is C=C(C1=c2\cccc\c2=C(c2ccc(C(=O)c3cc4c(cc3-c3cc5ccccc5s3)oc3ccccc34)cc2)\C=C\CC\C=C\1)c1ccccc1C=O. The zero-order chi connectivity index (χ0) is 36.6. The summed E-state index contributed by atoms with van der Waals surface area (Å²) in [6.45, 7) is 4.50. The van der Waals surface area contributed by atoms with Crippen LogP contribution in [0.15, 0.2) is 175 Å². The molecule has 0 unspecified atom stereocenters. The highest BCUT2D eigenvalue weighted by atomic mass is 32.1. The van der Waals surface area contributed by atoms with Crippen molar-refractivity contribution in [1.82, 2.24) is 0 Å². The van der Waals surface area contributed by atoms with E-state index in [1.54, 1.807) is 11.3 Å². The van der Waals surface area contributed by atoms with E-state index in [0.29, 0.717) is 16.7 Å². The van der Waals surface area contributed by atoms with Gasteiger partial charge in [-0.05, 0) is 86.8 Å². The molecule has 1 aliphatic carbocycles. The average molecular weight is 715 g/mol. The van der Waals surface area contributed by atoms with E-state index in [0.717, 1.165) is 95.2 Å². The van der Waals surface area contributed by atoms with Crippen molar-refractivity contribution >= 4 is 72.2 Å². The first-order valence-corrected chi connectivity index (χ1v) is 18.9. The van der Waals surface area contributed by atoms with Crippen molar-refractivity contribution < 1.29 is 14.0 Å². The van der Waals surface area contributed by atoms with Gasteiger partial charge >= 0.3 is 0 Å². The van der Waals surface area contributed by atoms with Crippen molar-refractivity contribution in [3.05, 3.63) is 209 Å². The summed E-state index contributed by atoms with van der Waals surface area (Å²) < 4.78 is 7.46. The van der Waals surface area contributed by atoms with Crippen LogP contribution in [-0.2, 0) is 0 Å². The van der Waals surface area contributed by atoms with E-state index in [9.17, 15) is 9.59 Å². The van der Waals surface area contributed by atoms with Crippen LogP contribution in [0.3, 0.4) is 0 Å². The minimum Gasteiger partial charge on any atom is -0.456 e. The zero-order valence-electron chi connectivity index (χ0n) is 29.4. The number of ketones is 1. The Labute approximate surface area is 316 Å². The Bertz CT molecular complexity index is 2950. The number of carbonyl (C=O) groups is 2. The minimum atomic E-state index is -0.0426. The Balaban J connectivity index is 1.19. The van der Waals surface area contributed by atoms with Gasteiger partial charge in [-0.3, -0.25) is 9.59 Å². The fraction of sp³-hybridized carbons (Fsp3) is 0.0400. The Morgan fingerprint density at radius 2 is 1.39 bits per heavy atom. The maximum Gasteiger partial charge on any atom is 0.193 e. The van der Waals surface area contributed by atoms with E-state index < -0.39 is 0 Å². The third kappa shape index (κ3) is 5.97. The number of hydrogen-bond acceptors (Lipinski definition) is 4. The minimum absolute atomic E-state index is 0.0426. The Morgan fingerprint density at radius 1 is 0.667 bits per heavy atom. The molecule has 258 valence electrons. The topological polar surface area (TPSA) is 47.3 Å². The van der Waals surface area contributed by atoms with Crippen LogP contribution in [0.25, 0.3) is 59.2 Å². The molecular weight excluding hydrogens is 681 g/mol. The van der Waals surface area contributed by atoms with E-state index in [2.05, 4.69) is 61.2 Å². The number of fused-ring (bicyclic) bond motifs is 5. The second kappa shape index (κ2) is 14.1. The standard InChI is InChI=1S/C50H34O3S/c1-32(37-16-8-6-15-36(37)31-51)38-17-4-2-3-5-18-39(41-20-10-9-19-40(38)41)33-24-26-34(27-25-33)50(52)45-29-43-42-21-11-12-22-46(42)53-47(43)30-44(45)49-28-35-14-7-13-23-48(35)54-49/h4-31H,1-3H2/b17-4+,18-5+,40-38+,41-39+. The normalized spacial score (nSPS) is 16.2. The van der Waals surface area contributed by atoms with Crippen molar-refractivity contribution in [3.8, 4) is 10.4 Å². The fourth-order valence-electron chi connectivity index (χ4n) is 7.50. The summed E-state index contributed by atoms with van der Waals surface area (Å²) in [5.74, 6) is -0.0426. The molecule has 0 N–H and O–H groups in total. The van der Waals surface area contributed by atoms with Crippen molar-refractivity contribution in [1.29, 1.82) is 0 Å². The lowest BCUT2D eigenvalue weighted by Gasteiger charge is -2.13. The molecule has 8 aromatic rings. The van der Waals surface area contributed by atoms with E-state index in [-0.39, 0.29) is 5.78 Å². The molecule has 0 bridgehead atoms. The molecule has 0 radical (unpaired) electrons. The van der Waals surface area contributed by atoms with Gasteiger partial charge in [-0.25, -0.2) is 0 Å². The molecule has 6 aromatic carbocycles. The van der Waals surface area contributed by atoms with Crippen LogP contribution < -0.4 is 10.4 Å². The molecule has 0 spiro atoms. The molecule has 2 heterocycles. The van der Waals surface area contributed by atoms with Crippen molar-refractivity contribution in [2.24, 2.45) is 0 Å². The van der Waals surface area contributed by atoms with Crippen LogP contribution in [0.2, 0.25) is 0 Å². The fourth-order valence-corrected chi connectivity index (χ4v) is 8.59. The van der Waals surface area contributed by atoms with Crippen LogP contribution in [0.5, 0.6) is 0 Å². The van der Waals surface area contributed by atoms with Gasteiger partial charge in [-0.2, -0.15) is 0 Å². The number of allylic oxidation sites excluding steroid dienone is 5. The van der Waals surface area contributed by atoms with Crippen molar-refractivity contribution in [3.63, 3.8) is 0 Å². The highest BCUT2D eigenvalue weighted by Crippen LogP contribution is 2.40. The third-order valence-corrected chi connectivity index (χ3v) is 11.4. The Kier molecular flexibility index (Phi) is 8.66. The van der Waals surface area contributed by atoms with Crippen LogP contribution >= 0.6 is 11.3 Å². The lowest BCUT2D eigenvalue weighted by Crippen LogP contribution is -2.29. The molecule has 0 amide bonds. The molecule has 0 saturated heterocycles. The first-order valence-electron chi connectivity index (χ1n) is 18.1. The van der Waals surface area contributed by atoms with Gasteiger partial charge in [0.2, 0.25) is 0 Å². The molecule has 1 aliphatic rings. The maximum atomic E-state index is 14.6. The second-order valence-corrected chi connectivity index (χ2v) is 14.6. The van der Waals surface area contributed by atoms with E-state index >= 15 is 0 Å². The summed E-state index contributed by atoms with van der Waals surface area (Å²) in [4.78, 5) is 27.7. The van der Waals surface area contributed by atoms with Gasteiger partial charge in [-0.15, -0.1) is 11.3 Å². The molecule has 2 aromatic heterocycles. The van der Waals surface area contributed by atoms with Crippen molar-refractivity contribution in [2.75, 3.05) is 0 Å². The first kappa shape index (κ1) is 33.2. The summed E-state index contributed by atoms with van der Waals surface area (Å²) >= 11 is 1.68. The maximum absolute atomic E-state index is 14.6. The van der Waals surface area contributed by atoms with Gasteiger partial charge in [0, 0.05) is 42.6 Å². The van der Waals surface area contributed by atoms with Gasteiger partial charge in [0.25, 0.3) is 0 Å². The summed E-state index contributed by atoms with van der Waals surface area (Å²) in [5.41, 5.74) is 8.91. The number of thiophene rings is 1. The third-order valence-electron chi connectivity index (χ3n) is 10.2. The molecule has 0 aliphatic heterocycles. The largest absolute Gasteiger partial charge is 0.456 e. The van der Waals surface area contributed by atoms with Gasteiger partial charge in [0.15, 0.2) is 12.1 Å². The average Bonchev–Trinajstić information content (AvgIpc) is 3.83. The number of rotatable bonds is 7. The number of benzene rings is 6. The molecule has 4 heteroatoms. The number of furan rings is 1. The summed E-state index contributed by atoms with van der Waals surface area (Å²) in [6, 6.07) is 46.4. The van der Waals surface area contributed by atoms with Gasteiger partial charge in [0.05, 0.1) is 0 Å². The second-order valence-electron chi connectivity index (χ2n) is 13.5. The van der Waals surface area contributed by atoms with E-state index in [1.165, 1.54) is 4.70 Å². The first-order chi connectivity index (χ1) is 26.6. The van der Waals surface area contributed by atoms with E-state index in [4.69, 9.17) is 4.42 Å². The smallest absolute Gasteiger partial charge is 0.193 e. The molecule has 0 saturated carbocycles. The number of hydrogen-bond donors (Lipinski definition) is 0. The number of carbonyl (C=O) groups excluding carboxylic acids is 2. The highest BCUT2D eigenvalue weighted by Gasteiger charge is 2.21. The van der Waals surface area contributed by atoms with E-state index in [1.807, 2.05) is 109 Å². The zero-order valence-corrected chi connectivity index (χ0v) is 30.2. The molecule has 0 fully saturated rings. The monoisotopic (exact) mass is 714 g/mol. The predicted molar refractivity (Wildman–Crippen MR) is 224 cm³/mol. The predicted octanol–water partition coefficient (Wildman–Crippen LogP) is 11.5. The molecule has 9 rings (SSSR count). The lowest BCUT2D eigenvalue weighted by molar-refractivity contribution is 0.103. The van der Waals surface area contributed by atoms with Crippen LogP contribution in [0.4, 0.5) is 0 Å². The van der Waals surface area contributed by atoms with Gasteiger partial charge < -0.3 is 4.42 Å². The van der Waals surface area contributed by atoms with Gasteiger partial charge in [-0.1, -0.05) is 140 Å². The molecule has 3 nitrogen and oxygen atoms in total. The Hall–Kier alpha value is -6.62. The highest BCUT2D eigenvalue weighted by molar-refractivity contribution is 7.22. The molecule has 54 heavy (non-hydrogen) atoms. The van der Waals surface area contributed by atoms with Crippen molar-refractivity contribution in [2.45, 2.75) is 12.8 Å². The number of para-hydroxylation sites is 1. The van der Waals surface area contributed by atoms with Crippen LogP contribution in [0, 0.1) is 0 Å². The van der Waals surface area contributed by atoms with Crippen LogP contribution in [0.1, 0.15) is 50.2 Å². The molecule has 0 atom stereocenters. The quantitative estimate of drug-likeness (QED) is 0.122. The number of aldehydes is 1. The van der Waals surface area contributed by atoms with Crippen LogP contribution in [-0.4, -0.2) is 12.1 Å². The summed E-state index contributed by atoms with van der Waals surface area (Å²) in [7, 11) is 0. The Morgan fingerprint density at radius 3 is 2.22 bits per heavy atom.